The van der Waals surface area contributed by atoms with Gasteiger partial charge in [-0.3, -0.25) is 15.1 Å². The van der Waals surface area contributed by atoms with Crippen LogP contribution in [0.2, 0.25) is 0 Å². The van der Waals surface area contributed by atoms with Crippen molar-refractivity contribution in [3.63, 3.8) is 0 Å². The zero-order valence-corrected chi connectivity index (χ0v) is 20.8. The van der Waals surface area contributed by atoms with Gasteiger partial charge in [-0.1, -0.05) is 12.1 Å². The number of pyridine rings is 1. The number of aromatic nitrogens is 1. The maximum atomic E-state index is 11.2. The lowest BCUT2D eigenvalue weighted by Crippen LogP contribution is -2.29. The van der Waals surface area contributed by atoms with E-state index >= 15 is 0 Å². The Balaban J connectivity index is 1.60. The lowest BCUT2D eigenvalue weighted by atomic mass is 10.0. The summed E-state index contributed by atoms with van der Waals surface area (Å²) >= 11 is 5.79. The highest BCUT2D eigenvalue weighted by Gasteiger charge is 2.42. The second-order valence-electron chi connectivity index (χ2n) is 8.61. The molecule has 3 heterocycles. The summed E-state index contributed by atoms with van der Waals surface area (Å²) in [6, 6.07) is 19.7. The molecule has 0 spiro atoms. The van der Waals surface area contributed by atoms with Gasteiger partial charge in [0.15, 0.2) is 5.11 Å². The lowest BCUT2D eigenvalue weighted by Gasteiger charge is -2.26. The Morgan fingerprint density at radius 2 is 1.92 bits per heavy atom. The number of ether oxygens (including phenoxy) is 1. The van der Waals surface area contributed by atoms with Crippen LogP contribution in [0.3, 0.4) is 0 Å². The van der Waals surface area contributed by atoms with Gasteiger partial charge in [0.1, 0.15) is 23.3 Å². The largest absolute Gasteiger partial charge is 0.496 e. The molecule has 0 bridgehead atoms. The maximum Gasteiger partial charge on any atom is 0.273 e. The van der Waals surface area contributed by atoms with Crippen LogP contribution in [0.4, 0.5) is 11.4 Å². The van der Waals surface area contributed by atoms with Gasteiger partial charge in [0, 0.05) is 18.0 Å². The number of anilines is 1. The topological polar surface area (TPSA) is 93.7 Å². The number of thiocarbonyl (C=S) groups is 1. The van der Waals surface area contributed by atoms with E-state index in [9.17, 15) is 10.1 Å². The van der Waals surface area contributed by atoms with Crippen LogP contribution < -0.4 is 15.0 Å². The Bertz CT molecular complexity index is 1450. The van der Waals surface area contributed by atoms with Crippen LogP contribution >= 0.6 is 12.2 Å². The Kier molecular flexibility index (Phi) is 6.15. The van der Waals surface area contributed by atoms with Crippen molar-refractivity contribution >= 4 is 28.7 Å². The highest BCUT2D eigenvalue weighted by Crippen LogP contribution is 2.44. The minimum atomic E-state index is -0.454. The Morgan fingerprint density at radius 3 is 2.61 bits per heavy atom. The summed E-state index contributed by atoms with van der Waals surface area (Å²) in [4.78, 5) is 17.4. The molecule has 2 aromatic carbocycles. The van der Waals surface area contributed by atoms with Gasteiger partial charge in [-0.05, 0) is 79.7 Å². The van der Waals surface area contributed by atoms with Crippen molar-refractivity contribution in [1.82, 2.24) is 10.3 Å². The van der Waals surface area contributed by atoms with E-state index in [1.807, 2.05) is 36.4 Å². The number of furan rings is 1. The van der Waals surface area contributed by atoms with Crippen molar-refractivity contribution < 1.29 is 14.1 Å². The summed E-state index contributed by atoms with van der Waals surface area (Å²) in [6.07, 6.45) is 1.76. The number of rotatable bonds is 6. The first-order valence-electron chi connectivity index (χ1n) is 11.4. The summed E-state index contributed by atoms with van der Waals surface area (Å²) in [5, 5.41) is 15.2. The predicted octanol–water partition coefficient (Wildman–Crippen LogP) is 6.05. The number of nitro benzene ring substituents is 1. The number of hydrogen-bond donors (Lipinski definition) is 1. The van der Waals surface area contributed by atoms with Gasteiger partial charge < -0.3 is 19.4 Å². The number of nitrogens with zero attached hydrogens (tertiary/aromatic N) is 3. The monoisotopic (exact) mass is 500 g/mol. The van der Waals surface area contributed by atoms with Gasteiger partial charge in [-0.25, -0.2) is 0 Å². The molecule has 4 aromatic rings. The number of benzene rings is 2. The number of nitro groups is 1. The molecule has 0 radical (unpaired) electrons. The van der Waals surface area contributed by atoms with E-state index in [-0.39, 0.29) is 17.8 Å². The number of non-ortho nitro benzene ring substituents is 1. The van der Waals surface area contributed by atoms with Crippen molar-refractivity contribution in [2.45, 2.75) is 25.9 Å². The second kappa shape index (κ2) is 9.43. The van der Waals surface area contributed by atoms with E-state index in [2.05, 4.69) is 41.2 Å². The molecule has 2 atom stereocenters. The quantitative estimate of drug-likeness (QED) is 0.194. The van der Waals surface area contributed by atoms with Gasteiger partial charge in [0.25, 0.3) is 5.69 Å². The number of aryl methyl sites for hydroxylation is 2. The summed E-state index contributed by atoms with van der Waals surface area (Å²) in [6.45, 7) is 4.15. The van der Waals surface area contributed by atoms with Crippen molar-refractivity contribution in [2.24, 2.45) is 0 Å². The fraction of sp³-hybridized carbons (Fsp3) is 0.185. The van der Waals surface area contributed by atoms with Gasteiger partial charge in [-0.15, -0.1) is 0 Å². The molecule has 9 heteroatoms. The molecule has 0 amide bonds. The molecule has 8 nitrogen and oxygen atoms in total. The molecule has 5 rings (SSSR count). The molecule has 0 saturated carbocycles. The fourth-order valence-corrected chi connectivity index (χ4v) is 4.80. The van der Waals surface area contributed by atoms with Crippen molar-refractivity contribution in [3.05, 3.63) is 106 Å². The molecule has 1 saturated heterocycles. The third-order valence-electron chi connectivity index (χ3n) is 6.45. The van der Waals surface area contributed by atoms with E-state index in [0.29, 0.717) is 27.9 Å². The number of hydrogen-bond acceptors (Lipinski definition) is 6. The predicted molar refractivity (Wildman–Crippen MR) is 141 cm³/mol. The van der Waals surface area contributed by atoms with Crippen LogP contribution in [-0.4, -0.2) is 22.1 Å². The normalized spacial score (nSPS) is 17.2. The average molecular weight is 501 g/mol. The Hall–Kier alpha value is -4.24. The molecule has 0 aliphatic carbocycles. The smallest absolute Gasteiger partial charge is 0.273 e. The van der Waals surface area contributed by atoms with E-state index in [4.69, 9.17) is 21.4 Å². The molecular weight excluding hydrogens is 476 g/mol. The highest BCUT2D eigenvalue weighted by atomic mass is 32.1. The van der Waals surface area contributed by atoms with Crippen molar-refractivity contribution in [2.75, 3.05) is 12.0 Å². The third kappa shape index (κ3) is 4.18. The first-order chi connectivity index (χ1) is 17.4. The zero-order chi connectivity index (χ0) is 25.4. The van der Waals surface area contributed by atoms with Crippen LogP contribution in [0.5, 0.6) is 5.75 Å². The highest BCUT2D eigenvalue weighted by molar-refractivity contribution is 7.80. The molecule has 1 fully saturated rings. The Labute approximate surface area is 213 Å². The van der Waals surface area contributed by atoms with Crippen LogP contribution in [0.15, 0.2) is 77.3 Å². The maximum absolute atomic E-state index is 11.2. The summed E-state index contributed by atoms with van der Waals surface area (Å²) in [7, 11) is 1.48. The van der Waals surface area contributed by atoms with Gasteiger partial charge in [0.05, 0.1) is 35.4 Å². The minimum Gasteiger partial charge on any atom is -0.496 e. The minimum absolute atomic E-state index is 0.0520. The van der Waals surface area contributed by atoms with Crippen LogP contribution in [0.25, 0.3) is 11.3 Å². The van der Waals surface area contributed by atoms with Crippen molar-refractivity contribution in [1.29, 1.82) is 0 Å². The van der Waals surface area contributed by atoms with Crippen molar-refractivity contribution in [3.8, 4) is 17.1 Å². The van der Waals surface area contributed by atoms with E-state index in [1.54, 1.807) is 12.3 Å². The van der Waals surface area contributed by atoms with Gasteiger partial charge in [0.2, 0.25) is 0 Å². The third-order valence-corrected chi connectivity index (χ3v) is 6.76. The summed E-state index contributed by atoms with van der Waals surface area (Å²) in [5.74, 6) is 1.57. The SMILES string of the molecule is COc1cc([N+](=O)[O-])ccc1-c1ccc([C@@H]2[C@@H](c3ccccn3)NC(=S)N2c2ccc(C)c(C)c2)o1. The molecule has 2 aromatic heterocycles. The van der Waals surface area contributed by atoms with E-state index in [1.165, 1.54) is 24.8 Å². The Morgan fingerprint density at radius 1 is 1.08 bits per heavy atom. The number of nitrogens with one attached hydrogen (secondary N) is 1. The van der Waals surface area contributed by atoms with E-state index in [0.717, 1.165) is 16.9 Å². The molecular formula is C27H24N4O4S. The van der Waals surface area contributed by atoms with Gasteiger partial charge >= 0.3 is 0 Å². The molecule has 1 N–H and O–H groups in total. The average Bonchev–Trinajstić information content (AvgIpc) is 3.50. The molecule has 36 heavy (non-hydrogen) atoms. The fourth-order valence-electron chi connectivity index (χ4n) is 4.45. The number of methoxy groups -OCH3 is 1. The van der Waals surface area contributed by atoms with Crippen LogP contribution in [0.1, 0.15) is 34.7 Å². The molecule has 1 aliphatic rings. The first-order valence-corrected chi connectivity index (χ1v) is 11.8. The zero-order valence-electron chi connectivity index (χ0n) is 20.0. The standard InChI is InChI=1S/C27H24N4O4S/c1-16-7-8-18(14-17(16)2)30-26(25(29-27(30)36)21-6-4-5-13-28-21)23-12-11-22(35-23)20-10-9-19(31(32)33)15-24(20)34-3/h4-15,25-26H,1-3H3,(H,29,36)/t25-,26-/m1/s1. The van der Waals surface area contributed by atoms with Crippen LogP contribution in [-0.2, 0) is 0 Å². The summed E-state index contributed by atoms with van der Waals surface area (Å²) in [5.41, 5.74) is 4.71. The second-order valence-corrected chi connectivity index (χ2v) is 9.00. The summed E-state index contributed by atoms with van der Waals surface area (Å²) < 4.78 is 11.8. The molecule has 182 valence electrons. The van der Waals surface area contributed by atoms with E-state index < -0.39 is 4.92 Å². The molecule has 1 aliphatic heterocycles. The first kappa shape index (κ1) is 23.5. The van der Waals surface area contributed by atoms with Crippen LogP contribution in [0, 0.1) is 24.0 Å². The lowest BCUT2D eigenvalue weighted by molar-refractivity contribution is -0.384. The van der Waals surface area contributed by atoms with Gasteiger partial charge in [-0.2, -0.15) is 0 Å². The molecule has 0 unspecified atom stereocenters.